The van der Waals surface area contributed by atoms with Crippen molar-refractivity contribution in [1.29, 1.82) is 0 Å². The molecule has 0 aliphatic heterocycles. The lowest BCUT2D eigenvalue weighted by Gasteiger charge is -2.25. The summed E-state index contributed by atoms with van der Waals surface area (Å²) in [5.41, 5.74) is 10.1. The lowest BCUT2D eigenvalue weighted by atomic mass is 10.0. The maximum Gasteiger partial charge on any atom is 0.249 e. The molecule has 0 aliphatic rings. The fourth-order valence-electron chi connectivity index (χ4n) is 5.49. The predicted octanol–water partition coefficient (Wildman–Crippen LogP) is 9.55. The van der Waals surface area contributed by atoms with Gasteiger partial charge in [-0.3, -0.25) is 4.98 Å². The number of pyridine rings is 1. The fraction of sp³-hybridized carbons (Fsp3) is 0. The third-order valence-corrected chi connectivity index (χ3v) is 7.74. The lowest BCUT2D eigenvalue weighted by Crippen LogP contribution is -2.09. The molecule has 0 atom stereocenters. The quantitative estimate of drug-likeness (QED) is 0.182. The van der Waals surface area contributed by atoms with Gasteiger partial charge in [0.05, 0.1) is 28.0 Å². The first kappa shape index (κ1) is 27.1. The topological polar surface area (TPSA) is 80.8 Å². The van der Waals surface area contributed by atoms with Gasteiger partial charge in [0.15, 0.2) is 0 Å². The smallest absolute Gasteiger partial charge is 0.249 e. The summed E-state index contributed by atoms with van der Waals surface area (Å²) in [5, 5.41) is 8.49. The standard InChI is InChI=1S/C39H26N6O/c1-3-10-27(11-4-1)36-37(42-35-16-8-7-15-34(35)41-36)28-17-21-32(22-18-28)45(31-13-5-2-6-14-31)33-23-19-29(20-24-33)38-43-44-39(46-38)30-12-9-25-40-26-30/h1-26H. The molecule has 5 aromatic carbocycles. The molecule has 0 amide bonds. The van der Waals surface area contributed by atoms with E-state index >= 15 is 0 Å². The minimum Gasteiger partial charge on any atom is -0.416 e. The molecule has 0 fully saturated rings. The first-order valence-corrected chi connectivity index (χ1v) is 14.9. The molecule has 46 heavy (non-hydrogen) atoms. The van der Waals surface area contributed by atoms with E-state index in [0.717, 1.165) is 61.7 Å². The number of fused-ring (bicyclic) bond motifs is 1. The summed E-state index contributed by atoms with van der Waals surface area (Å²) in [4.78, 5) is 16.5. The van der Waals surface area contributed by atoms with Crippen LogP contribution in [-0.4, -0.2) is 25.1 Å². The van der Waals surface area contributed by atoms with Gasteiger partial charge in [-0.2, -0.15) is 0 Å². The third kappa shape index (κ3) is 5.27. The number of rotatable bonds is 7. The van der Waals surface area contributed by atoms with Gasteiger partial charge in [-0.15, -0.1) is 10.2 Å². The minimum atomic E-state index is 0.435. The van der Waals surface area contributed by atoms with Crippen molar-refractivity contribution in [3.63, 3.8) is 0 Å². The summed E-state index contributed by atoms with van der Waals surface area (Å²) in [6.07, 6.45) is 3.42. The zero-order valence-electron chi connectivity index (χ0n) is 24.6. The van der Waals surface area contributed by atoms with E-state index in [-0.39, 0.29) is 0 Å². The van der Waals surface area contributed by atoms with E-state index in [1.54, 1.807) is 12.4 Å². The molecule has 0 aliphatic carbocycles. The van der Waals surface area contributed by atoms with Crippen molar-refractivity contribution in [2.45, 2.75) is 0 Å². The summed E-state index contributed by atoms with van der Waals surface area (Å²) < 4.78 is 5.96. The Morgan fingerprint density at radius 1 is 0.413 bits per heavy atom. The van der Waals surface area contributed by atoms with E-state index in [1.165, 1.54) is 0 Å². The zero-order chi connectivity index (χ0) is 30.7. The van der Waals surface area contributed by atoms with E-state index in [0.29, 0.717) is 11.8 Å². The van der Waals surface area contributed by atoms with Gasteiger partial charge < -0.3 is 9.32 Å². The highest BCUT2D eigenvalue weighted by Gasteiger charge is 2.17. The summed E-state index contributed by atoms with van der Waals surface area (Å²) in [6, 6.07) is 48.8. The van der Waals surface area contributed by atoms with Crippen LogP contribution in [0.2, 0.25) is 0 Å². The molecule has 8 rings (SSSR count). The second kappa shape index (κ2) is 11.9. The molecular weight excluding hydrogens is 568 g/mol. The second-order valence-electron chi connectivity index (χ2n) is 10.7. The number of hydrogen-bond donors (Lipinski definition) is 0. The molecule has 0 spiro atoms. The molecule has 0 N–H and O–H groups in total. The molecule has 0 saturated heterocycles. The maximum atomic E-state index is 5.96. The highest BCUT2D eigenvalue weighted by molar-refractivity contribution is 5.87. The van der Waals surface area contributed by atoms with E-state index in [2.05, 4.69) is 80.7 Å². The highest BCUT2D eigenvalue weighted by atomic mass is 16.4. The van der Waals surface area contributed by atoms with Crippen LogP contribution in [0.15, 0.2) is 162 Å². The predicted molar refractivity (Wildman–Crippen MR) is 182 cm³/mol. The average Bonchev–Trinajstić information content (AvgIpc) is 3.64. The Hall–Kier alpha value is -6.47. The summed E-state index contributed by atoms with van der Waals surface area (Å²) >= 11 is 0. The van der Waals surface area contributed by atoms with Crippen molar-refractivity contribution >= 4 is 28.1 Å². The molecule has 0 bridgehead atoms. The van der Waals surface area contributed by atoms with E-state index in [4.69, 9.17) is 14.4 Å². The van der Waals surface area contributed by atoms with Crippen LogP contribution in [-0.2, 0) is 0 Å². The average molecular weight is 595 g/mol. The van der Waals surface area contributed by atoms with Crippen LogP contribution >= 0.6 is 0 Å². The minimum absolute atomic E-state index is 0.435. The largest absolute Gasteiger partial charge is 0.416 e. The Kier molecular flexibility index (Phi) is 7.01. The first-order chi connectivity index (χ1) is 22.8. The molecule has 218 valence electrons. The van der Waals surface area contributed by atoms with Crippen LogP contribution < -0.4 is 4.90 Å². The van der Waals surface area contributed by atoms with Crippen molar-refractivity contribution < 1.29 is 4.42 Å². The Morgan fingerprint density at radius 2 is 0.891 bits per heavy atom. The Morgan fingerprint density at radius 3 is 1.48 bits per heavy atom. The normalized spacial score (nSPS) is 11.0. The van der Waals surface area contributed by atoms with Crippen LogP contribution in [0, 0.1) is 0 Å². The molecule has 7 nitrogen and oxygen atoms in total. The third-order valence-electron chi connectivity index (χ3n) is 7.74. The number of anilines is 3. The van der Waals surface area contributed by atoms with Crippen molar-refractivity contribution in [3.8, 4) is 45.4 Å². The monoisotopic (exact) mass is 594 g/mol. The van der Waals surface area contributed by atoms with Gasteiger partial charge >= 0.3 is 0 Å². The number of aromatic nitrogens is 5. The molecule has 3 aromatic heterocycles. The zero-order valence-corrected chi connectivity index (χ0v) is 24.6. The maximum absolute atomic E-state index is 5.96. The molecule has 0 radical (unpaired) electrons. The van der Waals surface area contributed by atoms with Crippen molar-refractivity contribution in [1.82, 2.24) is 25.1 Å². The van der Waals surface area contributed by atoms with Crippen LogP contribution in [0.25, 0.3) is 56.5 Å². The van der Waals surface area contributed by atoms with E-state index in [1.807, 2.05) is 84.9 Å². The lowest BCUT2D eigenvalue weighted by molar-refractivity contribution is 0.584. The number of para-hydroxylation sites is 3. The van der Waals surface area contributed by atoms with Crippen LogP contribution in [0.5, 0.6) is 0 Å². The Labute approximate surface area is 265 Å². The van der Waals surface area contributed by atoms with Gasteiger partial charge in [-0.25, -0.2) is 9.97 Å². The van der Waals surface area contributed by atoms with Crippen molar-refractivity contribution in [2.24, 2.45) is 0 Å². The van der Waals surface area contributed by atoms with Crippen molar-refractivity contribution in [2.75, 3.05) is 4.90 Å². The molecule has 3 heterocycles. The van der Waals surface area contributed by atoms with E-state index in [9.17, 15) is 0 Å². The fourth-order valence-corrected chi connectivity index (χ4v) is 5.49. The molecular formula is C39H26N6O. The van der Waals surface area contributed by atoms with Gasteiger partial charge in [0.2, 0.25) is 11.8 Å². The molecule has 0 saturated carbocycles. The highest BCUT2D eigenvalue weighted by Crippen LogP contribution is 2.38. The van der Waals surface area contributed by atoms with Crippen molar-refractivity contribution in [3.05, 3.63) is 158 Å². The van der Waals surface area contributed by atoms with Crippen LogP contribution in [0.1, 0.15) is 0 Å². The molecule has 8 aromatic rings. The van der Waals surface area contributed by atoms with Crippen LogP contribution in [0.3, 0.4) is 0 Å². The second-order valence-corrected chi connectivity index (χ2v) is 10.7. The van der Waals surface area contributed by atoms with Crippen LogP contribution in [0.4, 0.5) is 17.1 Å². The number of benzene rings is 5. The van der Waals surface area contributed by atoms with Gasteiger partial charge in [-0.1, -0.05) is 72.8 Å². The molecule has 7 heteroatoms. The number of nitrogens with zero attached hydrogens (tertiary/aromatic N) is 6. The SMILES string of the molecule is c1ccc(-c2nc3ccccc3nc2-c2ccc(N(c3ccccc3)c3ccc(-c4nnc(-c5cccnc5)o4)cc3)cc2)cc1. The Balaban J connectivity index is 1.16. The summed E-state index contributed by atoms with van der Waals surface area (Å²) in [5.74, 6) is 0.886. The van der Waals surface area contributed by atoms with E-state index < -0.39 is 0 Å². The van der Waals surface area contributed by atoms with Gasteiger partial charge in [0.25, 0.3) is 0 Å². The van der Waals surface area contributed by atoms with Gasteiger partial charge in [0, 0.05) is 46.1 Å². The summed E-state index contributed by atoms with van der Waals surface area (Å²) in [6.45, 7) is 0. The number of hydrogen-bond acceptors (Lipinski definition) is 7. The Bertz CT molecular complexity index is 2240. The summed E-state index contributed by atoms with van der Waals surface area (Å²) in [7, 11) is 0. The van der Waals surface area contributed by atoms with Gasteiger partial charge in [-0.05, 0) is 72.8 Å². The van der Waals surface area contributed by atoms with Gasteiger partial charge in [0.1, 0.15) is 0 Å². The first-order valence-electron chi connectivity index (χ1n) is 14.9. The molecule has 0 unspecified atom stereocenters.